The van der Waals surface area contributed by atoms with Gasteiger partial charge in [-0.15, -0.1) is 0 Å². The zero-order chi connectivity index (χ0) is 14.2. The van der Waals surface area contributed by atoms with Crippen LogP contribution in [0, 0.1) is 10.1 Å². The van der Waals surface area contributed by atoms with Gasteiger partial charge in [0.25, 0.3) is 0 Å². The van der Waals surface area contributed by atoms with Gasteiger partial charge < -0.3 is 9.84 Å². The van der Waals surface area contributed by atoms with Gasteiger partial charge in [0.15, 0.2) is 0 Å². The van der Waals surface area contributed by atoms with E-state index in [4.69, 9.17) is 4.74 Å². The summed E-state index contributed by atoms with van der Waals surface area (Å²) >= 11 is 0. The smallest absolute Gasteiger partial charge is 0.362 e. The Bertz CT molecular complexity index is 631. The van der Waals surface area contributed by atoms with Crippen LogP contribution < -0.4 is 4.74 Å². The van der Waals surface area contributed by atoms with Crippen molar-refractivity contribution in [3.63, 3.8) is 0 Å². The van der Waals surface area contributed by atoms with Crippen molar-refractivity contribution in [2.24, 2.45) is 0 Å². The van der Waals surface area contributed by atoms with Crippen LogP contribution in [0.4, 0.5) is 0 Å². The lowest BCUT2D eigenvalue weighted by Crippen LogP contribution is -2.27. The average molecular weight is 263 g/mol. The number of aliphatic hydroxyl groups excluding tert-OH is 1. The molecule has 0 spiro atoms. The summed E-state index contributed by atoms with van der Waals surface area (Å²) in [5, 5.41) is 20.4. The molecule has 1 aromatic rings. The molecule has 7 heteroatoms. The standard InChI is InChI=1S/C12H9NO6/c1-2-19-6-3-4-7-8(5-6)11(15)12(16)9(10(7)14)13(17)18/h3-5,14H,2H2,1H3. The normalized spacial score (nSPS) is 14.4. The highest BCUT2D eigenvalue weighted by atomic mass is 16.6. The Hall–Kier alpha value is -2.70. The first kappa shape index (κ1) is 12.7. The first-order valence-corrected chi connectivity index (χ1v) is 5.41. The molecule has 2 rings (SSSR count). The molecule has 0 saturated carbocycles. The number of rotatable bonds is 3. The number of carbonyl (C=O) groups excluding carboxylic acids is 2. The zero-order valence-corrected chi connectivity index (χ0v) is 9.87. The lowest BCUT2D eigenvalue weighted by molar-refractivity contribution is -0.418. The summed E-state index contributed by atoms with van der Waals surface area (Å²) in [6.45, 7) is 2.11. The van der Waals surface area contributed by atoms with Crippen molar-refractivity contribution in [1.82, 2.24) is 0 Å². The van der Waals surface area contributed by atoms with Crippen LogP contribution in [0.2, 0.25) is 0 Å². The molecule has 0 unspecified atom stereocenters. The number of aliphatic hydroxyl groups is 1. The molecule has 1 N–H and O–H groups in total. The minimum atomic E-state index is -1.33. The van der Waals surface area contributed by atoms with Crippen LogP contribution in [0.15, 0.2) is 23.9 Å². The number of nitrogens with zero attached hydrogens (tertiary/aromatic N) is 1. The number of carbonyl (C=O) groups is 2. The number of ether oxygens (including phenoxy) is 1. The maximum atomic E-state index is 11.8. The minimum Gasteiger partial charge on any atom is -0.502 e. The first-order valence-electron chi connectivity index (χ1n) is 5.41. The fraction of sp³-hybridized carbons (Fsp3) is 0.167. The number of allylic oxidation sites excluding steroid dienone is 1. The summed E-state index contributed by atoms with van der Waals surface area (Å²) in [5.74, 6) is -2.81. The fourth-order valence-electron chi connectivity index (χ4n) is 1.81. The molecule has 98 valence electrons. The molecule has 0 radical (unpaired) electrons. The molecule has 0 heterocycles. The molecule has 1 aliphatic rings. The lowest BCUT2D eigenvalue weighted by Gasteiger charge is -2.14. The number of benzene rings is 1. The molecule has 0 aromatic heterocycles. The number of hydrogen-bond donors (Lipinski definition) is 1. The van der Waals surface area contributed by atoms with Crippen LogP contribution in [-0.4, -0.2) is 28.2 Å². The molecule has 19 heavy (non-hydrogen) atoms. The molecule has 0 aliphatic heterocycles. The third kappa shape index (κ3) is 1.95. The molecule has 1 aliphatic carbocycles. The maximum Gasteiger partial charge on any atom is 0.362 e. The van der Waals surface area contributed by atoms with E-state index < -0.39 is 27.9 Å². The van der Waals surface area contributed by atoms with Gasteiger partial charge in [0.1, 0.15) is 5.75 Å². The average Bonchev–Trinajstić information content (AvgIpc) is 2.36. The molecular weight excluding hydrogens is 254 g/mol. The van der Waals surface area contributed by atoms with Crippen LogP contribution in [0.25, 0.3) is 5.76 Å². The van der Waals surface area contributed by atoms with Gasteiger partial charge in [-0.25, -0.2) is 0 Å². The van der Waals surface area contributed by atoms with E-state index in [9.17, 15) is 24.8 Å². The van der Waals surface area contributed by atoms with E-state index >= 15 is 0 Å². The van der Waals surface area contributed by atoms with Crippen molar-refractivity contribution < 1.29 is 24.4 Å². The largest absolute Gasteiger partial charge is 0.502 e. The molecule has 0 saturated heterocycles. The summed E-state index contributed by atoms with van der Waals surface area (Å²) in [7, 11) is 0. The second-order valence-electron chi connectivity index (χ2n) is 3.75. The highest BCUT2D eigenvalue weighted by Gasteiger charge is 2.41. The topological polar surface area (TPSA) is 107 Å². The summed E-state index contributed by atoms with van der Waals surface area (Å²) < 4.78 is 5.17. The lowest BCUT2D eigenvalue weighted by atomic mass is 9.91. The second kappa shape index (κ2) is 4.52. The molecule has 0 atom stereocenters. The van der Waals surface area contributed by atoms with Crippen molar-refractivity contribution in [3.8, 4) is 5.75 Å². The van der Waals surface area contributed by atoms with Gasteiger partial charge in [-0.2, -0.15) is 0 Å². The quantitative estimate of drug-likeness (QED) is 0.501. The molecule has 1 aromatic carbocycles. The summed E-state index contributed by atoms with van der Waals surface area (Å²) in [4.78, 5) is 33.0. The maximum absolute atomic E-state index is 11.8. The Morgan fingerprint density at radius 2 is 1.95 bits per heavy atom. The van der Waals surface area contributed by atoms with E-state index in [2.05, 4.69) is 0 Å². The predicted octanol–water partition coefficient (Wildman–Crippen LogP) is 1.35. The van der Waals surface area contributed by atoms with E-state index in [0.29, 0.717) is 12.4 Å². The highest BCUT2D eigenvalue weighted by Crippen LogP contribution is 2.30. The summed E-state index contributed by atoms with van der Waals surface area (Å²) in [6.07, 6.45) is 0. The van der Waals surface area contributed by atoms with E-state index in [1.54, 1.807) is 6.92 Å². The Labute approximate surface area is 107 Å². The van der Waals surface area contributed by atoms with Crippen LogP contribution in [-0.2, 0) is 4.79 Å². The first-order chi connectivity index (χ1) is 8.97. The number of hydrogen-bond acceptors (Lipinski definition) is 6. The third-order valence-electron chi connectivity index (χ3n) is 2.63. The summed E-state index contributed by atoms with van der Waals surface area (Å²) in [6, 6.07) is 4.05. The fourth-order valence-corrected chi connectivity index (χ4v) is 1.81. The molecule has 7 nitrogen and oxygen atoms in total. The number of ketones is 2. The van der Waals surface area contributed by atoms with Gasteiger partial charge in [-0.3, -0.25) is 19.7 Å². The van der Waals surface area contributed by atoms with Gasteiger partial charge in [0.2, 0.25) is 11.5 Å². The number of fused-ring (bicyclic) bond motifs is 1. The van der Waals surface area contributed by atoms with E-state index in [1.807, 2.05) is 0 Å². The highest BCUT2D eigenvalue weighted by molar-refractivity contribution is 6.51. The van der Waals surface area contributed by atoms with Gasteiger partial charge >= 0.3 is 11.5 Å². The number of Topliss-reactive ketones (excluding diaryl/α,β-unsaturated/α-hetero) is 2. The second-order valence-corrected chi connectivity index (χ2v) is 3.75. The Morgan fingerprint density at radius 3 is 2.53 bits per heavy atom. The molecule has 0 fully saturated rings. The molecular formula is C12H9NO6. The predicted molar refractivity (Wildman–Crippen MR) is 63.5 cm³/mol. The SMILES string of the molecule is CCOc1ccc2c(c1)C(=O)C(=O)C([N+](=O)[O-])=C2O. The van der Waals surface area contributed by atoms with Crippen LogP contribution >= 0.6 is 0 Å². The van der Waals surface area contributed by atoms with Crippen LogP contribution in [0.1, 0.15) is 22.8 Å². The third-order valence-corrected chi connectivity index (χ3v) is 2.63. The van der Waals surface area contributed by atoms with Gasteiger partial charge in [0, 0.05) is 11.1 Å². The zero-order valence-electron chi connectivity index (χ0n) is 9.87. The Kier molecular flexibility index (Phi) is 3.04. The van der Waals surface area contributed by atoms with E-state index in [1.165, 1.54) is 18.2 Å². The number of nitro groups is 1. The summed E-state index contributed by atoms with van der Waals surface area (Å²) in [5.41, 5.74) is -1.24. The van der Waals surface area contributed by atoms with Crippen molar-refractivity contribution in [3.05, 3.63) is 45.1 Å². The van der Waals surface area contributed by atoms with Crippen LogP contribution in [0.5, 0.6) is 5.75 Å². The Morgan fingerprint density at radius 1 is 1.26 bits per heavy atom. The van der Waals surface area contributed by atoms with E-state index in [-0.39, 0.29) is 11.1 Å². The molecule has 0 amide bonds. The Balaban J connectivity index is 2.65. The van der Waals surface area contributed by atoms with Crippen molar-refractivity contribution >= 4 is 17.3 Å². The van der Waals surface area contributed by atoms with Gasteiger partial charge in [-0.05, 0) is 25.1 Å². The van der Waals surface area contributed by atoms with Crippen molar-refractivity contribution in [2.45, 2.75) is 6.92 Å². The minimum absolute atomic E-state index is 0.0419. The van der Waals surface area contributed by atoms with Gasteiger partial charge in [0.05, 0.1) is 11.5 Å². The van der Waals surface area contributed by atoms with Crippen molar-refractivity contribution in [2.75, 3.05) is 6.61 Å². The van der Waals surface area contributed by atoms with Gasteiger partial charge in [-0.1, -0.05) is 0 Å². The molecule has 0 bridgehead atoms. The van der Waals surface area contributed by atoms with Crippen LogP contribution in [0.3, 0.4) is 0 Å². The van der Waals surface area contributed by atoms with Crippen molar-refractivity contribution in [1.29, 1.82) is 0 Å². The monoisotopic (exact) mass is 263 g/mol. The van der Waals surface area contributed by atoms with E-state index in [0.717, 1.165) is 0 Å².